The quantitative estimate of drug-likeness (QED) is 0.661. The Bertz CT molecular complexity index is 756. The summed E-state index contributed by atoms with van der Waals surface area (Å²) in [6.45, 7) is 14.3. The molecule has 4 aliphatic rings. The minimum atomic E-state index is 0.0232. The first kappa shape index (κ1) is 14.9. The van der Waals surface area contributed by atoms with Gasteiger partial charge in [-0.1, -0.05) is 24.3 Å². The van der Waals surface area contributed by atoms with Gasteiger partial charge >= 0.3 is 0 Å². The number of benzene rings is 1. The molecule has 126 valence electrons. The van der Waals surface area contributed by atoms with Crippen LogP contribution >= 0.6 is 0 Å². The van der Waals surface area contributed by atoms with Gasteiger partial charge in [-0.3, -0.25) is 9.80 Å². The fourth-order valence-electron chi connectivity index (χ4n) is 6.60. The maximum atomic E-state index is 2.56. The van der Waals surface area contributed by atoms with Crippen LogP contribution in [-0.2, 0) is 22.2 Å². The largest absolute Gasteiger partial charge is 0.281 e. The molecule has 1 aromatic rings. The van der Waals surface area contributed by atoms with Crippen molar-refractivity contribution >= 4 is 0 Å². The zero-order chi connectivity index (χ0) is 17.4. The van der Waals surface area contributed by atoms with Crippen LogP contribution in [0.15, 0.2) is 24.3 Å². The molecule has 0 aromatic heterocycles. The van der Waals surface area contributed by atoms with E-state index in [1.54, 1.807) is 22.3 Å². The van der Waals surface area contributed by atoms with Crippen LogP contribution in [0.25, 0.3) is 0 Å². The first-order chi connectivity index (χ1) is 11.0. The summed E-state index contributed by atoms with van der Waals surface area (Å²) in [5.41, 5.74) is 9.35. The van der Waals surface area contributed by atoms with Gasteiger partial charge in [0, 0.05) is 0 Å². The number of hydrogen-bond donors (Lipinski definition) is 0. The van der Waals surface area contributed by atoms with Crippen molar-refractivity contribution in [1.29, 1.82) is 0 Å². The summed E-state index contributed by atoms with van der Waals surface area (Å²) in [5.74, 6) is 0. The third kappa shape index (κ3) is 1.11. The van der Waals surface area contributed by atoms with E-state index < -0.39 is 0 Å². The Morgan fingerprint density at radius 3 is 0.958 bits per heavy atom. The molecule has 0 saturated carbocycles. The second-order valence-corrected chi connectivity index (χ2v) is 9.12. The van der Waals surface area contributed by atoms with Crippen LogP contribution in [0.3, 0.4) is 0 Å². The van der Waals surface area contributed by atoms with Gasteiger partial charge < -0.3 is 0 Å². The van der Waals surface area contributed by atoms with Crippen LogP contribution in [-0.4, -0.2) is 23.9 Å². The Morgan fingerprint density at radius 1 is 0.542 bits per heavy atom. The molecule has 2 heteroatoms. The van der Waals surface area contributed by atoms with Crippen LogP contribution in [0, 0.1) is 13.8 Å². The van der Waals surface area contributed by atoms with Crippen molar-refractivity contribution < 1.29 is 0 Å². The molecule has 2 nitrogen and oxygen atoms in total. The number of rotatable bonds is 0. The van der Waals surface area contributed by atoms with Crippen molar-refractivity contribution in [3.8, 4) is 0 Å². The van der Waals surface area contributed by atoms with E-state index in [-0.39, 0.29) is 22.2 Å². The summed E-state index contributed by atoms with van der Waals surface area (Å²) >= 11 is 0. The van der Waals surface area contributed by atoms with E-state index in [9.17, 15) is 0 Å². The van der Waals surface area contributed by atoms with Gasteiger partial charge in [0.25, 0.3) is 0 Å². The van der Waals surface area contributed by atoms with E-state index in [1.807, 2.05) is 0 Å². The molecule has 0 aliphatic carbocycles. The van der Waals surface area contributed by atoms with E-state index in [2.05, 4.69) is 89.7 Å². The molecule has 0 radical (unpaired) electrons. The monoisotopic (exact) mass is 320 g/mol. The van der Waals surface area contributed by atoms with Crippen LogP contribution in [0.4, 0.5) is 0 Å². The second-order valence-electron chi connectivity index (χ2n) is 9.12. The lowest BCUT2D eigenvalue weighted by atomic mass is 9.70. The van der Waals surface area contributed by atoms with Gasteiger partial charge in [-0.2, -0.15) is 0 Å². The lowest BCUT2D eigenvalue weighted by Gasteiger charge is -2.34. The highest BCUT2D eigenvalue weighted by molar-refractivity contribution is 5.70. The molecule has 5 rings (SSSR count). The Labute approximate surface area is 145 Å². The molecule has 0 saturated heterocycles. The van der Waals surface area contributed by atoms with Gasteiger partial charge in [0.05, 0.1) is 22.2 Å². The molecule has 4 bridgehead atoms. The smallest absolute Gasteiger partial charge is 0.0631 e. The molecule has 0 amide bonds. The van der Waals surface area contributed by atoms with Crippen molar-refractivity contribution in [1.82, 2.24) is 9.80 Å². The van der Waals surface area contributed by atoms with Crippen LogP contribution in [0.5, 0.6) is 0 Å². The molecule has 0 spiro atoms. The number of likely N-dealkylation sites (N-methyl/N-ethyl adjacent to an activating group) is 2. The van der Waals surface area contributed by atoms with E-state index in [0.717, 1.165) is 0 Å². The first-order valence-corrected chi connectivity index (χ1v) is 9.11. The predicted octanol–water partition coefficient (Wildman–Crippen LogP) is 4.19. The highest BCUT2D eigenvalue weighted by Crippen LogP contribution is 2.64. The number of nitrogens with zero attached hydrogens (tertiary/aromatic N) is 2. The Morgan fingerprint density at radius 2 is 0.750 bits per heavy atom. The summed E-state index contributed by atoms with van der Waals surface area (Å²) in [6.07, 6.45) is 9.69. The average molecular weight is 320 g/mol. The van der Waals surface area contributed by atoms with Crippen LogP contribution < -0.4 is 0 Å². The predicted molar refractivity (Wildman–Crippen MR) is 99.1 cm³/mol. The molecule has 4 atom stereocenters. The van der Waals surface area contributed by atoms with Crippen molar-refractivity contribution in [3.05, 3.63) is 57.7 Å². The molecule has 4 aliphatic heterocycles. The van der Waals surface area contributed by atoms with Crippen LogP contribution in [0.1, 0.15) is 61.1 Å². The van der Waals surface area contributed by atoms with Crippen molar-refractivity contribution in [2.24, 2.45) is 0 Å². The van der Waals surface area contributed by atoms with Crippen LogP contribution in [0.2, 0.25) is 0 Å². The molecule has 1 aromatic carbocycles. The van der Waals surface area contributed by atoms with Gasteiger partial charge in [-0.05, 0) is 89.0 Å². The first-order valence-electron chi connectivity index (χ1n) is 9.11. The Hall–Kier alpha value is -1.38. The van der Waals surface area contributed by atoms with Crippen molar-refractivity contribution in [3.63, 3.8) is 0 Å². The zero-order valence-corrected chi connectivity index (χ0v) is 16.2. The van der Waals surface area contributed by atoms with Crippen molar-refractivity contribution in [2.45, 2.75) is 63.7 Å². The van der Waals surface area contributed by atoms with E-state index >= 15 is 0 Å². The number of hydrogen-bond acceptors (Lipinski definition) is 2. The van der Waals surface area contributed by atoms with Crippen molar-refractivity contribution in [2.75, 3.05) is 14.1 Å². The summed E-state index contributed by atoms with van der Waals surface area (Å²) in [4.78, 5) is 5.12. The zero-order valence-electron chi connectivity index (χ0n) is 16.2. The van der Waals surface area contributed by atoms with Gasteiger partial charge in [0.1, 0.15) is 0 Å². The molecule has 0 N–H and O–H groups in total. The molecule has 4 heterocycles. The molecule has 0 unspecified atom stereocenters. The average Bonchev–Trinajstić information content (AvgIpc) is 3.04. The fourth-order valence-corrected chi connectivity index (χ4v) is 6.60. The van der Waals surface area contributed by atoms with Gasteiger partial charge in [-0.25, -0.2) is 0 Å². The minimum Gasteiger partial charge on any atom is -0.281 e. The van der Waals surface area contributed by atoms with E-state index in [1.165, 1.54) is 11.1 Å². The summed E-state index contributed by atoms with van der Waals surface area (Å²) in [6, 6.07) is 0. The molecule has 24 heavy (non-hydrogen) atoms. The number of fused-ring (bicyclic) bond motifs is 10. The lowest BCUT2D eigenvalue weighted by Crippen LogP contribution is -2.40. The van der Waals surface area contributed by atoms with E-state index in [0.29, 0.717) is 0 Å². The third-order valence-electron chi connectivity index (χ3n) is 8.28. The van der Waals surface area contributed by atoms with E-state index in [4.69, 9.17) is 0 Å². The summed E-state index contributed by atoms with van der Waals surface area (Å²) < 4.78 is 0. The standard InChI is InChI=1S/C22H28N2/c1-13-15-17(21(5)11-9-19(15,3)23(21)7)14(2)18-16(13)20(4)10-12-22(18,6)24(20)8/h9-12H,1-8H3/t19-,20-,21-,22-/m1/s1. The lowest BCUT2D eigenvalue weighted by molar-refractivity contribution is 0.134. The highest BCUT2D eigenvalue weighted by atomic mass is 15.3. The third-order valence-corrected chi connectivity index (χ3v) is 8.28. The molecular weight excluding hydrogens is 292 g/mol. The maximum Gasteiger partial charge on any atom is 0.0631 e. The second kappa shape index (κ2) is 3.59. The topological polar surface area (TPSA) is 6.48 Å². The SMILES string of the molecule is Cc1c2c(c(C)c3c1[C@@]1(C)C=C[C@@]3(C)N1C)[C@@]1(C)C=C[C@@]2(C)N1C. The fraction of sp³-hybridized carbons (Fsp3) is 0.545. The Balaban J connectivity index is 1.97. The summed E-state index contributed by atoms with van der Waals surface area (Å²) in [7, 11) is 4.57. The maximum absolute atomic E-state index is 2.56. The van der Waals surface area contributed by atoms with Gasteiger partial charge in [0.2, 0.25) is 0 Å². The molecule has 0 fully saturated rings. The van der Waals surface area contributed by atoms with Gasteiger partial charge in [0.15, 0.2) is 0 Å². The normalized spacial score (nSPS) is 44.7. The molecular formula is C22H28N2. The minimum absolute atomic E-state index is 0.0232. The highest BCUT2D eigenvalue weighted by Gasteiger charge is 2.61. The summed E-state index contributed by atoms with van der Waals surface area (Å²) in [5, 5.41) is 0. The Kier molecular flexibility index (Phi) is 2.23. The van der Waals surface area contributed by atoms with Gasteiger partial charge in [-0.15, -0.1) is 0 Å².